The van der Waals surface area contributed by atoms with Gasteiger partial charge in [-0.2, -0.15) is 4.37 Å². The van der Waals surface area contributed by atoms with Gasteiger partial charge in [-0.05, 0) is 29.7 Å². The Morgan fingerprint density at radius 1 is 0.966 bits per heavy atom. The summed E-state index contributed by atoms with van der Waals surface area (Å²) < 4.78 is 4.33. The number of carbonyl (C=O) groups is 3. The molecular formula is C20H19N5O3S. The largest absolute Gasteiger partial charge is 0.370 e. The summed E-state index contributed by atoms with van der Waals surface area (Å²) in [5, 5.41) is 9.68. The van der Waals surface area contributed by atoms with Crippen molar-refractivity contribution >= 4 is 40.8 Å². The molecule has 0 aliphatic heterocycles. The van der Waals surface area contributed by atoms with E-state index in [9.17, 15) is 14.4 Å². The predicted octanol–water partition coefficient (Wildman–Crippen LogP) is 3.06. The van der Waals surface area contributed by atoms with Crippen molar-refractivity contribution in [1.82, 2.24) is 9.69 Å². The van der Waals surface area contributed by atoms with Crippen LogP contribution in [0.1, 0.15) is 16.8 Å². The third-order valence-corrected chi connectivity index (χ3v) is 4.53. The summed E-state index contributed by atoms with van der Waals surface area (Å²) in [5.74, 6) is -0.784. The molecule has 0 aliphatic rings. The van der Waals surface area contributed by atoms with E-state index in [0.29, 0.717) is 22.6 Å². The standard InChI is InChI=1S/C20H19N5O3S/c21-17(26)9-10-22-20(28)24-15-8-4-7-14(11-15)23-19(27)16-12-29-25-18(16)13-5-2-1-3-6-13/h1-8,11-12H,9-10H2,(H2,21,26)(H,23,27)(H2,22,24,28). The lowest BCUT2D eigenvalue weighted by Crippen LogP contribution is -2.31. The van der Waals surface area contributed by atoms with Gasteiger partial charge in [0, 0.05) is 35.3 Å². The number of urea groups is 1. The third-order valence-electron chi connectivity index (χ3n) is 3.90. The lowest BCUT2D eigenvalue weighted by Gasteiger charge is -2.10. The molecule has 0 bridgehead atoms. The molecule has 1 heterocycles. The average Bonchev–Trinajstić information content (AvgIpc) is 3.19. The number of primary amides is 1. The van der Waals surface area contributed by atoms with Crippen molar-refractivity contribution in [2.45, 2.75) is 6.42 Å². The summed E-state index contributed by atoms with van der Waals surface area (Å²) >= 11 is 1.21. The Hall–Kier alpha value is -3.72. The van der Waals surface area contributed by atoms with Gasteiger partial charge >= 0.3 is 6.03 Å². The molecule has 4 amide bonds. The molecule has 9 heteroatoms. The molecule has 1 aromatic heterocycles. The molecule has 0 saturated heterocycles. The van der Waals surface area contributed by atoms with Gasteiger partial charge in [0.25, 0.3) is 5.91 Å². The summed E-state index contributed by atoms with van der Waals surface area (Å²) in [4.78, 5) is 35.3. The smallest absolute Gasteiger partial charge is 0.319 e. The Morgan fingerprint density at radius 2 is 1.69 bits per heavy atom. The fourth-order valence-corrected chi connectivity index (χ4v) is 3.24. The minimum absolute atomic E-state index is 0.0575. The molecule has 0 atom stereocenters. The highest BCUT2D eigenvalue weighted by Gasteiger charge is 2.16. The second-order valence-corrected chi connectivity index (χ2v) is 6.70. The lowest BCUT2D eigenvalue weighted by atomic mass is 10.1. The summed E-state index contributed by atoms with van der Waals surface area (Å²) in [7, 11) is 0. The van der Waals surface area contributed by atoms with Crippen LogP contribution in [0.3, 0.4) is 0 Å². The maximum absolute atomic E-state index is 12.7. The van der Waals surface area contributed by atoms with E-state index in [1.54, 1.807) is 29.6 Å². The first-order valence-corrected chi connectivity index (χ1v) is 9.61. The van der Waals surface area contributed by atoms with Crippen molar-refractivity contribution in [1.29, 1.82) is 0 Å². The maximum atomic E-state index is 12.7. The van der Waals surface area contributed by atoms with E-state index in [1.165, 1.54) is 11.5 Å². The molecule has 3 aromatic rings. The highest BCUT2D eigenvalue weighted by atomic mass is 32.1. The Bertz CT molecular complexity index is 1020. The molecule has 0 saturated carbocycles. The van der Waals surface area contributed by atoms with E-state index in [2.05, 4.69) is 20.3 Å². The number of nitrogens with two attached hydrogens (primary N) is 1. The molecule has 0 fully saturated rings. The fourth-order valence-electron chi connectivity index (χ4n) is 2.55. The van der Waals surface area contributed by atoms with Gasteiger partial charge in [0.05, 0.1) is 11.3 Å². The first-order chi connectivity index (χ1) is 14.0. The molecule has 29 heavy (non-hydrogen) atoms. The first-order valence-electron chi connectivity index (χ1n) is 8.77. The number of benzene rings is 2. The van der Waals surface area contributed by atoms with E-state index in [4.69, 9.17) is 5.73 Å². The minimum atomic E-state index is -0.493. The van der Waals surface area contributed by atoms with Gasteiger partial charge in [0.2, 0.25) is 5.91 Å². The van der Waals surface area contributed by atoms with E-state index in [0.717, 1.165) is 5.56 Å². The molecule has 0 unspecified atom stereocenters. The van der Waals surface area contributed by atoms with Crippen molar-refractivity contribution in [3.05, 3.63) is 65.5 Å². The van der Waals surface area contributed by atoms with Crippen molar-refractivity contribution in [2.24, 2.45) is 5.73 Å². The molecule has 148 valence electrons. The fraction of sp³-hybridized carbons (Fsp3) is 0.100. The summed E-state index contributed by atoms with van der Waals surface area (Å²) in [6, 6.07) is 15.7. The van der Waals surface area contributed by atoms with Crippen LogP contribution in [0.4, 0.5) is 16.2 Å². The number of nitrogens with zero attached hydrogens (tertiary/aromatic N) is 1. The molecule has 5 N–H and O–H groups in total. The zero-order valence-electron chi connectivity index (χ0n) is 15.3. The van der Waals surface area contributed by atoms with Crippen molar-refractivity contribution < 1.29 is 14.4 Å². The van der Waals surface area contributed by atoms with Crippen LogP contribution in [-0.4, -0.2) is 28.8 Å². The quantitative estimate of drug-likeness (QED) is 0.478. The molecule has 2 aromatic carbocycles. The Morgan fingerprint density at radius 3 is 2.41 bits per heavy atom. The second-order valence-electron chi connectivity index (χ2n) is 6.07. The predicted molar refractivity (Wildman–Crippen MR) is 113 cm³/mol. The van der Waals surface area contributed by atoms with Crippen molar-refractivity contribution in [3.8, 4) is 11.3 Å². The van der Waals surface area contributed by atoms with Crippen LogP contribution in [-0.2, 0) is 4.79 Å². The van der Waals surface area contributed by atoms with Gasteiger partial charge in [-0.1, -0.05) is 36.4 Å². The van der Waals surface area contributed by atoms with E-state index in [1.807, 2.05) is 30.3 Å². The van der Waals surface area contributed by atoms with E-state index >= 15 is 0 Å². The number of nitrogens with one attached hydrogen (secondary N) is 3. The molecular weight excluding hydrogens is 390 g/mol. The van der Waals surface area contributed by atoms with Gasteiger partial charge in [-0.15, -0.1) is 0 Å². The van der Waals surface area contributed by atoms with Crippen LogP contribution in [0.5, 0.6) is 0 Å². The average molecular weight is 409 g/mol. The van der Waals surface area contributed by atoms with E-state index in [-0.39, 0.29) is 18.9 Å². The van der Waals surface area contributed by atoms with Crippen LogP contribution in [0.25, 0.3) is 11.3 Å². The third kappa shape index (κ3) is 5.63. The number of amides is 4. The topological polar surface area (TPSA) is 126 Å². The van der Waals surface area contributed by atoms with Crippen LogP contribution in [0, 0.1) is 0 Å². The number of aromatic nitrogens is 1. The van der Waals surface area contributed by atoms with Gasteiger partial charge in [0.15, 0.2) is 0 Å². The molecule has 0 spiro atoms. The summed E-state index contributed by atoms with van der Waals surface area (Å²) in [5.41, 5.74) is 8.01. The normalized spacial score (nSPS) is 10.2. The molecule has 8 nitrogen and oxygen atoms in total. The zero-order chi connectivity index (χ0) is 20.6. The SMILES string of the molecule is NC(=O)CCNC(=O)Nc1cccc(NC(=O)c2csnc2-c2ccccc2)c1. The number of anilines is 2. The summed E-state index contributed by atoms with van der Waals surface area (Å²) in [6.45, 7) is 0.144. The maximum Gasteiger partial charge on any atom is 0.319 e. The molecule has 3 rings (SSSR count). The number of rotatable bonds is 7. The minimum Gasteiger partial charge on any atom is -0.370 e. The van der Waals surface area contributed by atoms with Crippen molar-refractivity contribution in [2.75, 3.05) is 17.2 Å². The molecule has 0 aliphatic carbocycles. The Kier molecular flexibility index (Phi) is 6.54. The number of hydrogen-bond donors (Lipinski definition) is 4. The lowest BCUT2D eigenvalue weighted by molar-refractivity contribution is -0.117. The Balaban J connectivity index is 1.65. The van der Waals surface area contributed by atoms with Gasteiger partial charge < -0.3 is 21.7 Å². The van der Waals surface area contributed by atoms with Gasteiger partial charge in [-0.25, -0.2) is 4.79 Å². The van der Waals surface area contributed by atoms with Crippen molar-refractivity contribution in [3.63, 3.8) is 0 Å². The molecule has 0 radical (unpaired) electrons. The zero-order valence-corrected chi connectivity index (χ0v) is 16.2. The van der Waals surface area contributed by atoms with E-state index < -0.39 is 11.9 Å². The number of hydrogen-bond acceptors (Lipinski definition) is 5. The van der Waals surface area contributed by atoms with Gasteiger partial charge in [0.1, 0.15) is 0 Å². The van der Waals surface area contributed by atoms with Crippen LogP contribution in [0.15, 0.2) is 60.0 Å². The number of carbonyl (C=O) groups excluding carboxylic acids is 3. The monoisotopic (exact) mass is 409 g/mol. The van der Waals surface area contributed by atoms with Crippen LogP contribution >= 0.6 is 11.5 Å². The van der Waals surface area contributed by atoms with Gasteiger partial charge in [-0.3, -0.25) is 9.59 Å². The van der Waals surface area contributed by atoms with Crippen LogP contribution < -0.4 is 21.7 Å². The highest BCUT2D eigenvalue weighted by molar-refractivity contribution is 7.04. The highest BCUT2D eigenvalue weighted by Crippen LogP contribution is 2.25. The second kappa shape index (κ2) is 9.47. The summed E-state index contributed by atoms with van der Waals surface area (Å²) in [6.07, 6.45) is 0.0575. The Labute approximate surface area is 171 Å². The first kappa shape index (κ1) is 20.0. The van der Waals surface area contributed by atoms with Crippen LogP contribution in [0.2, 0.25) is 0 Å².